The smallest absolute Gasteiger partial charge is 0.246 e. The van der Waals surface area contributed by atoms with E-state index in [0.29, 0.717) is 0 Å². The summed E-state index contributed by atoms with van der Waals surface area (Å²) in [5.41, 5.74) is -0.358. The Kier molecular flexibility index (Phi) is 5.95. The number of amides is 1. The molecule has 1 N–H and O–H groups in total. The summed E-state index contributed by atoms with van der Waals surface area (Å²) < 4.78 is 2.14. The van der Waals surface area contributed by atoms with Gasteiger partial charge >= 0.3 is 0 Å². The molecular weight excluding hydrogens is 300 g/mol. The van der Waals surface area contributed by atoms with Gasteiger partial charge in [-0.15, -0.1) is 0 Å². The van der Waals surface area contributed by atoms with Gasteiger partial charge in [0.25, 0.3) is 0 Å². The van der Waals surface area contributed by atoms with E-state index in [-0.39, 0.29) is 11.4 Å². The SMILES string of the molecule is CCN1CCN(CCNC(=O)C2(n3cccc3)CCCCC2)CC1. The number of rotatable bonds is 6. The predicted octanol–water partition coefficient (Wildman–Crippen LogP) is 1.90. The Morgan fingerprint density at radius 2 is 1.62 bits per heavy atom. The van der Waals surface area contributed by atoms with Gasteiger partial charge in [0, 0.05) is 51.7 Å². The van der Waals surface area contributed by atoms with E-state index in [2.05, 4.69) is 39.0 Å². The molecule has 2 heterocycles. The number of nitrogens with one attached hydrogen (secondary N) is 1. The second-order valence-corrected chi connectivity index (χ2v) is 7.21. The van der Waals surface area contributed by atoms with Crippen LogP contribution in [0.5, 0.6) is 0 Å². The van der Waals surface area contributed by atoms with Crippen molar-refractivity contribution in [1.29, 1.82) is 0 Å². The van der Waals surface area contributed by atoms with Crippen molar-refractivity contribution in [3.8, 4) is 0 Å². The minimum Gasteiger partial charge on any atom is -0.353 e. The highest BCUT2D eigenvalue weighted by Gasteiger charge is 2.40. The van der Waals surface area contributed by atoms with Crippen LogP contribution in [0, 0.1) is 0 Å². The summed E-state index contributed by atoms with van der Waals surface area (Å²) in [5, 5.41) is 3.24. The second-order valence-electron chi connectivity index (χ2n) is 7.21. The van der Waals surface area contributed by atoms with Crippen molar-refractivity contribution in [2.75, 3.05) is 45.8 Å². The lowest BCUT2D eigenvalue weighted by molar-refractivity contribution is -0.131. The van der Waals surface area contributed by atoms with E-state index < -0.39 is 0 Å². The molecule has 0 aromatic carbocycles. The molecular formula is C19H32N4O. The maximum atomic E-state index is 13.0. The number of nitrogens with zero attached hydrogens (tertiary/aromatic N) is 3. The monoisotopic (exact) mass is 332 g/mol. The van der Waals surface area contributed by atoms with E-state index in [1.165, 1.54) is 6.42 Å². The highest BCUT2D eigenvalue weighted by molar-refractivity contribution is 5.84. The van der Waals surface area contributed by atoms with Crippen LogP contribution >= 0.6 is 0 Å². The van der Waals surface area contributed by atoms with Gasteiger partial charge in [-0.25, -0.2) is 0 Å². The van der Waals surface area contributed by atoms with Gasteiger partial charge in [0.15, 0.2) is 0 Å². The van der Waals surface area contributed by atoms with E-state index in [1.54, 1.807) is 0 Å². The number of piperazine rings is 1. The zero-order chi connectivity index (χ0) is 16.8. The van der Waals surface area contributed by atoms with E-state index in [4.69, 9.17) is 0 Å². The third-order valence-corrected chi connectivity index (χ3v) is 5.83. The van der Waals surface area contributed by atoms with Gasteiger partial charge in [-0.1, -0.05) is 26.2 Å². The predicted molar refractivity (Wildman–Crippen MR) is 97.1 cm³/mol. The number of carbonyl (C=O) groups excluding carboxylic acids is 1. The van der Waals surface area contributed by atoms with Crippen molar-refractivity contribution in [2.24, 2.45) is 0 Å². The molecule has 1 aliphatic carbocycles. The van der Waals surface area contributed by atoms with Crippen LogP contribution in [0.15, 0.2) is 24.5 Å². The van der Waals surface area contributed by atoms with Crippen LogP contribution in [-0.4, -0.2) is 66.1 Å². The molecule has 2 fully saturated rings. The van der Waals surface area contributed by atoms with Crippen LogP contribution in [0.2, 0.25) is 0 Å². The summed E-state index contributed by atoms with van der Waals surface area (Å²) in [4.78, 5) is 18.0. The van der Waals surface area contributed by atoms with Crippen LogP contribution in [0.3, 0.4) is 0 Å². The minimum atomic E-state index is -0.358. The first-order chi connectivity index (χ1) is 11.7. The molecule has 5 nitrogen and oxygen atoms in total. The Labute approximate surface area is 146 Å². The van der Waals surface area contributed by atoms with Crippen LogP contribution in [0.4, 0.5) is 0 Å². The van der Waals surface area contributed by atoms with E-state index in [1.807, 2.05) is 12.1 Å². The first kappa shape index (κ1) is 17.5. The molecule has 0 atom stereocenters. The van der Waals surface area contributed by atoms with E-state index >= 15 is 0 Å². The molecule has 134 valence electrons. The lowest BCUT2D eigenvalue weighted by Gasteiger charge is -2.38. The molecule has 0 bridgehead atoms. The van der Waals surface area contributed by atoms with Crippen molar-refractivity contribution < 1.29 is 4.79 Å². The van der Waals surface area contributed by atoms with Gasteiger partial charge in [-0.05, 0) is 31.5 Å². The highest BCUT2D eigenvalue weighted by Crippen LogP contribution is 2.35. The normalized spacial score (nSPS) is 22.4. The van der Waals surface area contributed by atoms with Crippen molar-refractivity contribution >= 4 is 5.91 Å². The van der Waals surface area contributed by atoms with Crippen molar-refractivity contribution in [2.45, 2.75) is 44.6 Å². The van der Waals surface area contributed by atoms with Crippen LogP contribution in [-0.2, 0) is 10.3 Å². The number of hydrogen-bond donors (Lipinski definition) is 1. The second kappa shape index (κ2) is 8.17. The van der Waals surface area contributed by atoms with Gasteiger partial charge in [0.05, 0.1) is 0 Å². The minimum absolute atomic E-state index is 0.214. The summed E-state index contributed by atoms with van der Waals surface area (Å²) >= 11 is 0. The quantitative estimate of drug-likeness (QED) is 0.865. The van der Waals surface area contributed by atoms with Gasteiger partial charge in [-0.3, -0.25) is 9.69 Å². The molecule has 1 amide bonds. The Hall–Kier alpha value is -1.33. The molecule has 3 rings (SSSR count). The summed E-state index contributed by atoms with van der Waals surface area (Å²) in [5.74, 6) is 0.214. The fourth-order valence-electron chi connectivity index (χ4n) is 4.18. The van der Waals surface area contributed by atoms with Gasteiger partial charge in [0.1, 0.15) is 5.54 Å². The third kappa shape index (κ3) is 3.83. The first-order valence-corrected chi connectivity index (χ1v) is 9.61. The Morgan fingerprint density at radius 1 is 1.00 bits per heavy atom. The summed E-state index contributed by atoms with van der Waals surface area (Å²) in [6, 6.07) is 4.05. The Balaban J connectivity index is 1.51. The molecule has 1 saturated heterocycles. The molecule has 1 saturated carbocycles. The molecule has 1 aromatic heterocycles. The molecule has 0 unspecified atom stereocenters. The summed E-state index contributed by atoms with van der Waals surface area (Å²) in [6.07, 6.45) is 9.56. The largest absolute Gasteiger partial charge is 0.353 e. The van der Waals surface area contributed by atoms with Gasteiger partial charge < -0.3 is 14.8 Å². The number of carbonyl (C=O) groups is 1. The van der Waals surface area contributed by atoms with Crippen LogP contribution < -0.4 is 5.32 Å². The summed E-state index contributed by atoms with van der Waals surface area (Å²) in [7, 11) is 0. The fourth-order valence-corrected chi connectivity index (χ4v) is 4.18. The highest BCUT2D eigenvalue weighted by atomic mass is 16.2. The molecule has 5 heteroatoms. The maximum Gasteiger partial charge on any atom is 0.246 e. The lowest BCUT2D eigenvalue weighted by Crippen LogP contribution is -2.52. The van der Waals surface area contributed by atoms with Gasteiger partial charge in [-0.2, -0.15) is 0 Å². The number of hydrogen-bond acceptors (Lipinski definition) is 3. The number of aromatic nitrogens is 1. The topological polar surface area (TPSA) is 40.5 Å². The third-order valence-electron chi connectivity index (χ3n) is 5.83. The average Bonchev–Trinajstić information content (AvgIpc) is 3.18. The van der Waals surface area contributed by atoms with Crippen molar-refractivity contribution in [3.05, 3.63) is 24.5 Å². The fraction of sp³-hybridized carbons (Fsp3) is 0.737. The lowest BCUT2D eigenvalue weighted by atomic mass is 9.80. The molecule has 0 radical (unpaired) electrons. The van der Waals surface area contributed by atoms with Crippen molar-refractivity contribution in [3.63, 3.8) is 0 Å². The Morgan fingerprint density at radius 3 is 2.25 bits per heavy atom. The first-order valence-electron chi connectivity index (χ1n) is 9.61. The zero-order valence-corrected chi connectivity index (χ0v) is 15.0. The number of likely N-dealkylation sites (N-methyl/N-ethyl adjacent to an activating group) is 1. The standard InChI is InChI=1S/C19H32N4O/c1-2-21-14-16-22(17-15-21)13-10-20-18(24)19(8-4-3-5-9-19)23-11-6-7-12-23/h6-7,11-12H,2-5,8-10,13-17H2,1H3,(H,20,24). The molecule has 2 aliphatic rings. The maximum absolute atomic E-state index is 13.0. The zero-order valence-electron chi connectivity index (χ0n) is 15.0. The van der Waals surface area contributed by atoms with E-state index in [9.17, 15) is 4.79 Å². The van der Waals surface area contributed by atoms with Gasteiger partial charge in [0.2, 0.25) is 5.91 Å². The average molecular weight is 332 g/mol. The molecule has 1 aliphatic heterocycles. The Bertz CT molecular complexity index is 499. The van der Waals surface area contributed by atoms with Crippen LogP contribution in [0.1, 0.15) is 39.0 Å². The van der Waals surface area contributed by atoms with Crippen LogP contribution in [0.25, 0.3) is 0 Å². The van der Waals surface area contributed by atoms with Crippen molar-refractivity contribution in [1.82, 2.24) is 19.7 Å². The van der Waals surface area contributed by atoms with E-state index in [0.717, 1.165) is 71.5 Å². The molecule has 24 heavy (non-hydrogen) atoms. The molecule has 1 aromatic rings. The summed E-state index contributed by atoms with van der Waals surface area (Å²) in [6.45, 7) is 9.62. The molecule has 0 spiro atoms.